The van der Waals surface area contributed by atoms with Crippen LogP contribution >= 0.6 is 0 Å². The highest BCUT2D eigenvalue weighted by Gasteiger charge is 2.43. The molecule has 2 fully saturated rings. The van der Waals surface area contributed by atoms with Crippen LogP contribution < -0.4 is 0 Å². The number of hydrogen-bond acceptors (Lipinski definition) is 10. The van der Waals surface area contributed by atoms with E-state index in [1.54, 1.807) is 0 Å². The fourth-order valence-corrected chi connectivity index (χ4v) is 5.35. The minimum atomic E-state index is -1.51. The summed E-state index contributed by atoms with van der Waals surface area (Å²) < 4.78 is 13.1. The van der Waals surface area contributed by atoms with Crippen LogP contribution in [0.5, 0.6) is 0 Å². The van der Waals surface area contributed by atoms with Gasteiger partial charge in [0.05, 0.1) is 13.2 Å². The van der Waals surface area contributed by atoms with Gasteiger partial charge in [-0.05, 0) is 43.3 Å². The van der Waals surface area contributed by atoms with E-state index in [0.29, 0.717) is 17.7 Å². The molecule has 3 aromatic rings. The molecule has 2 aliphatic heterocycles. The standard InChI is InChI=1S/C30H33NO10/c1-2-31-19-7-3-15(5-9-21-25(34)29(38)27(36)23(13-32)40-21)11-17(19)18-12-16(4-8-20(18)31)6-10-22-26(35)30(39)28(37)24(14-33)41-22/h3-4,7-8,11-12,21-30,32-39H,2,13-14H2,1H3/t21-,22-,23-,24-,25-,26-,27-,28-,29-,30-/m1/s1. The summed E-state index contributed by atoms with van der Waals surface area (Å²) in [6.07, 6.45) is -13.1. The minimum absolute atomic E-state index is 0.535. The molecule has 41 heavy (non-hydrogen) atoms. The van der Waals surface area contributed by atoms with Crippen molar-refractivity contribution in [1.29, 1.82) is 0 Å². The van der Waals surface area contributed by atoms with Crippen LogP contribution in [0.25, 0.3) is 21.8 Å². The van der Waals surface area contributed by atoms with E-state index in [1.807, 2.05) is 43.3 Å². The predicted octanol–water partition coefficient (Wildman–Crippen LogP) is -1.80. The van der Waals surface area contributed by atoms with Crippen molar-refractivity contribution in [2.75, 3.05) is 13.2 Å². The fourth-order valence-electron chi connectivity index (χ4n) is 5.35. The first-order valence-corrected chi connectivity index (χ1v) is 13.4. The normalized spacial score (nSPS) is 33.7. The molecular weight excluding hydrogens is 534 g/mol. The van der Waals surface area contributed by atoms with Gasteiger partial charge in [0.25, 0.3) is 0 Å². The number of aromatic nitrogens is 1. The third-order valence-electron chi connectivity index (χ3n) is 7.68. The number of rotatable bonds is 3. The lowest BCUT2D eigenvalue weighted by Gasteiger charge is -2.37. The summed E-state index contributed by atoms with van der Waals surface area (Å²) in [5.74, 6) is 11.5. The molecule has 2 aromatic carbocycles. The largest absolute Gasteiger partial charge is 0.394 e. The van der Waals surface area contributed by atoms with E-state index in [2.05, 4.69) is 28.2 Å². The van der Waals surface area contributed by atoms with Gasteiger partial charge in [0.1, 0.15) is 61.0 Å². The van der Waals surface area contributed by atoms with Gasteiger partial charge in [0.15, 0.2) is 0 Å². The molecule has 0 bridgehead atoms. The van der Waals surface area contributed by atoms with E-state index < -0.39 is 74.3 Å². The minimum Gasteiger partial charge on any atom is -0.394 e. The maximum Gasteiger partial charge on any atom is 0.147 e. The lowest BCUT2D eigenvalue weighted by Crippen LogP contribution is -2.58. The molecule has 218 valence electrons. The Morgan fingerprint density at radius 1 is 0.634 bits per heavy atom. The van der Waals surface area contributed by atoms with E-state index in [4.69, 9.17) is 9.47 Å². The van der Waals surface area contributed by atoms with Gasteiger partial charge in [-0.25, -0.2) is 0 Å². The van der Waals surface area contributed by atoms with Gasteiger partial charge >= 0.3 is 0 Å². The predicted molar refractivity (Wildman–Crippen MR) is 146 cm³/mol. The van der Waals surface area contributed by atoms with Crippen LogP contribution in [0.1, 0.15) is 18.1 Å². The average Bonchev–Trinajstić information content (AvgIpc) is 3.30. The number of nitrogens with zero attached hydrogens (tertiary/aromatic N) is 1. The van der Waals surface area contributed by atoms with Crippen molar-refractivity contribution in [1.82, 2.24) is 4.57 Å². The lowest BCUT2D eigenvalue weighted by molar-refractivity contribution is -0.214. The van der Waals surface area contributed by atoms with Crippen molar-refractivity contribution in [2.24, 2.45) is 0 Å². The molecule has 11 nitrogen and oxygen atoms in total. The Kier molecular flexibility index (Phi) is 8.66. The number of aliphatic hydroxyl groups is 8. The van der Waals surface area contributed by atoms with Crippen molar-refractivity contribution < 1.29 is 50.3 Å². The first-order chi connectivity index (χ1) is 19.7. The average molecular weight is 568 g/mol. The van der Waals surface area contributed by atoms with Gasteiger partial charge in [0.2, 0.25) is 0 Å². The number of benzene rings is 2. The molecule has 0 saturated carbocycles. The van der Waals surface area contributed by atoms with E-state index in [0.717, 1.165) is 21.8 Å². The van der Waals surface area contributed by atoms with Gasteiger partial charge in [-0.15, -0.1) is 0 Å². The third kappa shape index (κ3) is 5.46. The Balaban J connectivity index is 1.48. The fraction of sp³-hybridized carbons (Fsp3) is 0.467. The summed E-state index contributed by atoms with van der Waals surface area (Å²) in [5, 5.41) is 81.3. The van der Waals surface area contributed by atoms with E-state index in [1.165, 1.54) is 0 Å². The summed E-state index contributed by atoms with van der Waals surface area (Å²) in [7, 11) is 0. The first-order valence-electron chi connectivity index (χ1n) is 13.4. The van der Waals surface area contributed by atoms with Crippen LogP contribution in [0.4, 0.5) is 0 Å². The van der Waals surface area contributed by atoms with Crippen molar-refractivity contribution in [2.45, 2.75) is 74.5 Å². The van der Waals surface area contributed by atoms with Crippen LogP contribution in [0.15, 0.2) is 36.4 Å². The molecule has 5 rings (SSSR count). The third-order valence-corrected chi connectivity index (χ3v) is 7.68. The summed E-state index contributed by atoms with van der Waals surface area (Å²) in [6, 6.07) is 11.3. The molecule has 10 atom stereocenters. The zero-order chi connectivity index (χ0) is 29.4. The second-order valence-corrected chi connectivity index (χ2v) is 10.2. The van der Waals surface area contributed by atoms with Gasteiger partial charge in [-0.2, -0.15) is 0 Å². The number of aryl methyl sites for hydroxylation is 1. The molecule has 0 unspecified atom stereocenters. The first kappa shape index (κ1) is 29.5. The molecule has 2 saturated heterocycles. The topological polar surface area (TPSA) is 185 Å². The van der Waals surface area contributed by atoms with Crippen LogP contribution in [0, 0.1) is 23.7 Å². The Hall–Kier alpha value is -3.04. The highest BCUT2D eigenvalue weighted by molar-refractivity contribution is 6.09. The van der Waals surface area contributed by atoms with Gasteiger partial charge in [-0.3, -0.25) is 0 Å². The Labute approximate surface area is 235 Å². The van der Waals surface area contributed by atoms with E-state index in [-0.39, 0.29) is 0 Å². The van der Waals surface area contributed by atoms with Crippen LogP contribution in [0.3, 0.4) is 0 Å². The maximum atomic E-state index is 10.3. The molecule has 3 heterocycles. The van der Waals surface area contributed by atoms with Crippen molar-refractivity contribution in [3.8, 4) is 23.7 Å². The Morgan fingerprint density at radius 3 is 1.41 bits per heavy atom. The van der Waals surface area contributed by atoms with E-state index in [9.17, 15) is 40.9 Å². The van der Waals surface area contributed by atoms with Crippen molar-refractivity contribution in [3.05, 3.63) is 47.5 Å². The molecule has 8 N–H and O–H groups in total. The maximum absolute atomic E-state index is 10.3. The molecule has 0 amide bonds. The zero-order valence-electron chi connectivity index (χ0n) is 22.2. The second kappa shape index (κ2) is 12.1. The summed E-state index contributed by atoms with van der Waals surface area (Å²) in [4.78, 5) is 0. The molecule has 11 heteroatoms. The number of fused-ring (bicyclic) bond motifs is 3. The molecule has 0 aliphatic carbocycles. The SMILES string of the molecule is CCn1c2ccc(C#C[C@H]3O[C@H](CO)[C@@H](O)[C@H](O)[C@@H]3O)cc2c2cc(C#C[C@H]3O[C@H](CO)[C@@H](O)[C@H](O)[C@@H]3O)ccc21. The molecule has 0 spiro atoms. The number of hydrogen-bond donors (Lipinski definition) is 8. The van der Waals surface area contributed by atoms with Gasteiger partial charge < -0.3 is 54.9 Å². The van der Waals surface area contributed by atoms with E-state index >= 15 is 0 Å². The number of ether oxygens (including phenoxy) is 2. The van der Waals surface area contributed by atoms with Gasteiger partial charge in [-0.1, -0.05) is 23.7 Å². The quantitative estimate of drug-likeness (QED) is 0.168. The van der Waals surface area contributed by atoms with Crippen LogP contribution in [0.2, 0.25) is 0 Å². The van der Waals surface area contributed by atoms with Crippen molar-refractivity contribution in [3.63, 3.8) is 0 Å². The van der Waals surface area contributed by atoms with Gasteiger partial charge in [0, 0.05) is 39.5 Å². The molecule has 1 aromatic heterocycles. The highest BCUT2D eigenvalue weighted by Crippen LogP contribution is 2.31. The van der Waals surface area contributed by atoms with Crippen LogP contribution in [-0.2, 0) is 16.0 Å². The van der Waals surface area contributed by atoms with Crippen LogP contribution in [-0.4, -0.2) is 120 Å². The summed E-state index contributed by atoms with van der Waals surface area (Å²) >= 11 is 0. The smallest absolute Gasteiger partial charge is 0.147 e. The zero-order valence-corrected chi connectivity index (χ0v) is 22.2. The second-order valence-electron chi connectivity index (χ2n) is 10.2. The molecule has 0 radical (unpaired) electrons. The number of aliphatic hydroxyl groups excluding tert-OH is 8. The molecular formula is C30H33NO10. The Morgan fingerprint density at radius 2 is 1.05 bits per heavy atom. The highest BCUT2D eigenvalue weighted by atomic mass is 16.5. The molecule has 2 aliphatic rings. The Bertz CT molecular complexity index is 1420. The summed E-state index contributed by atoms with van der Waals surface area (Å²) in [6.45, 7) is 1.66. The van der Waals surface area contributed by atoms with Crippen molar-refractivity contribution >= 4 is 21.8 Å². The summed E-state index contributed by atoms with van der Waals surface area (Å²) in [5.41, 5.74) is 3.14. The monoisotopic (exact) mass is 567 g/mol. The lowest BCUT2D eigenvalue weighted by atomic mass is 9.95.